The molecule has 2 N–H and O–H groups in total. The van der Waals surface area contributed by atoms with Crippen molar-refractivity contribution < 1.29 is 23.7 Å². The standard InChI is InChI=1S/C23H39N3O5/c1-19(2)18-29-12-5-10-25-23(24-9-4-11-28-16-15-27-3)26-20-7-8-21-22(17-20)31-14-6-13-30-21/h7-8,17,19H,4-6,9-16,18H2,1-3H3,(H2,24,25,26). The van der Waals surface area contributed by atoms with Crippen LogP contribution in [0.2, 0.25) is 0 Å². The number of hydrogen-bond donors (Lipinski definition) is 2. The van der Waals surface area contributed by atoms with Gasteiger partial charge in [-0.25, -0.2) is 0 Å². The second kappa shape index (κ2) is 15.7. The van der Waals surface area contributed by atoms with Gasteiger partial charge in [-0.1, -0.05) is 13.8 Å². The van der Waals surface area contributed by atoms with Crippen LogP contribution in [0, 0.1) is 5.92 Å². The van der Waals surface area contributed by atoms with E-state index in [0.29, 0.717) is 52.1 Å². The predicted molar refractivity (Wildman–Crippen MR) is 124 cm³/mol. The summed E-state index contributed by atoms with van der Waals surface area (Å²) in [6, 6.07) is 5.87. The fraction of sp³-hybridized carbons (Fsp3) is 0.696. The maximum absolute atomic E-state index is 5.79. The number of methoxy groups -OCH3 is 1. The molecule has 0 aliphatic carbocycles. The Bertz CT molecular complexity index is 640. The summed E-state index contributed by atoms with van der Waals surface area (Å²) in [5.74, 6) is 2.82. The molecule has 0 amide bonds. The Labute approximate surface area is 186 Å². The second-order valence-electron chi connectivity index (χ2n) is 7.78. The minimum absolute atomic E-state index is 0.549. The van der Waals surface area contributed by atoms with Crippen molar-refractivity contribution in [2.75, 3.05) is 71.8 Å². The monoisotopic (exact) mass is 437 g/mol. The van der Waals surface area contributed by atoms with Crippen LogP contribution in [-0.4, -0.2) is 72.4 Å². The molecule has 0 saturated carbocycles. The van der Waals surface area contributed by atoms with Gasteiger partial charge >= 0.3 is 0 Å². The Morgan fingerprint density at radius 3 is 2.65 bits per heavy atom. The van der Waals surface area contributed by atoms with E-state index in [1.54, 1.807) is 7.11 Å². The SMILES string of the molecule is COCCOCCCNC(=NCCCOCC(C)C)Nc1ccc2c(c1)OCCCO2. The summed E-state index contributed by atoms with van der Waals surface area (Å²) in [5, 5.41) is 6.75. The lowest BCUT2D eigenvalue weighted by Gasteiger charge is -2.15. The number of benzene rings is 1. The van der Waals surface area contributed by atoms with Crippen molar-refractivity contribution in [1.29, 1.82) is 0 Å². The van der Waals surface area contributed by atoms with Gasteiger partial charge in [0.2, 0.25) is 0 Å². The van der Waals surface area contributed by atoms with E-state index in [9.17, 15) is 0 Å². The first kappa shape index (κ1) is 25.2. The molecule has 1 aromatic carbocycles. The van der Waals surface area contributed by atoms with E-state index in [1.807, 2.05) is 18.2 Å². The summed E-state index contributed by atoms with van der Waals surface area (Å²) >= 11 is 0. The maximum Gasteiger partial charge on any atom is 0.195 e. The number of hydrogen-bond acceptors (Lipinski definition) is 6. The van der Waals surface area contributed by atoms with Crippen molar-refractivity contribution in [2.45, 2.75) is 33.1 Å². The third-order valence-electron chi connectivity index (χ3n) is 4.37. The van der Waals surface area contributed by atoms with E-state index in [2.05, 4.69) is 24.5 Å². The Kier molecular flexibility index (Phi) is 12.8. The molecule has 0 spiro atoms. The fourth-order valence-electron chi connectivity index (χ4n) is 2.82. The minimum atomic E-state index is 0.549. The van der Waals surface area contributed by atoms with E-state index < -0.39 is 0 Å². The zero-order chi connectivity index (χ0) is 22.2. The first-order valence-electron chi connectivity index (χ1n) is 11.3. The zero-order valence-electron chi connectivity index (χ0n) is 19.3. The third-order valence-corrected chi connectivity index (χ3v) is 4.37. The number of ether oxygens (including phenoxy) is 5. The van der Waals surface area contributed by atoms with Crippen molar-refractivity contribution in [1.82, 2.24) is 5.32 Å². The number of nitrogens with one attached hydrogen (secondary N) is 2. The van der Waals surface area contributed by atoms with Crippen LogP contribution in [0.3, 0.4) is 0 Å². The highest BCUT2D eigenvalue weighted by Gasteiger charge is 2.11. The van der Waals surface area contributed by atoms with Crippen LogP contribution in [0.4, 0.5) is 5.69 Å². The number of rotatable bonds is 14. The molecule has 0 bridgehead atoms. The Morgan fingerprint density at radius 1 is 1.03 bits per heavy atom. The van der Waals surface area contributed by atoms with Crippen LogP contribution in [-0.2, 0) is 14.2 Å². The van der Waals surface area contributed by atoms with Gasteiger partial charge in [-0.05, 0) is 30.9 Å². The molecule has 8 nitrogen and oxygen atoms in total. The highest BCUT2D eigenvalue weighted by Crippen LogP contribution is 2.32. The Balaban J connectivity index is 1.85. The highest BCUT2D eigenvalue weighted by molar-refractivity contribution is 5.93. The average Bonchev–Trinajstić information content (AvgIpc) is 3.00. The summed E-state index contributed by atoms with van der Waals surface area (Å²) in [7, 11) is 1.67. The molecule has 0 aromatic heterocycles. The van der Waals surface area contributed by atoms with Crippen LogP contribution in [0.1, 0.15) is 33.1 Å². The molecule has 0 unspecified atom stereocenters. The molecule has 0 atom stereocenters. The Hall–Kier alpha value is -2.03. The summed E-state index contributed by atoms with van der Waals surface area (Å²) in [4.78, 5) is 4.70. The molecule has 1 aliphatic heterocycles. The van der Waals surface area contributed by atoms with Gasteiger partial charge in [0.15, 0.2) is 17.5 Å². The normalized spacial score (nSPS) is 13.9. The van der Waals surface area contributed by atoms with Gasteiger partial charge in [0.05, 0.1) is 26.4 Å². The lowest BCUT2D eigenvalue weighted by Crippen LogP contribution is -2.32. The molecule has 2 rings (SSSR count). The molecule has 1 heterocycles. The van der Waals surface area contributed by atoms with Gasteiger partial charge in [-0.2, -0.15) is 0 Å². The summed E-state index contributed by atoms with van der Waals surface area (Å²) in [6.07, 6.45) is 2.64. The van der Waals surface area contributed by atoms with Gasteiger partial charge in [0, 0.05) is 58.2 Å². The fourth-order valence-corrected chi connectivity index (χ4v) is 2.82. The molecular formula is C23H39N3O5. The van der Waals surface area contributed by atoms with Gasteiger partial charge in [0.25, 0.3) is 0 Å². The number of nitrogens with zero attached hydrogens (tertiary/aromatic N) is 1. The molecule has 0 radical (unpaired) electrons. The van der Waals surface area contributed by atoms with Gasteiger partial charge in [-0.3, -0.25) is 4.99 Å². The highest BCUT2D eigenvalue weighted by atomic mass is 16.5. The van der Waals surface area contributed by atoms with Crippen molar-refractivity contribution in [3.05, 3.63) is 18.2 Å². The van der Waals surface area contributed by atoms with Crippen LogP contribution >= 0.6 is 0 Å². The molecule has 176 valence electrons. The van der Waals surface area contributed by atoms with Crippen molar-refractivity contribution in [2.24, 2.45) is 10.9 Å². The Morgan fingerprint density at radius 2 is 1.84 bits per heavy atom. The first-order valence-corrected chi connectivity index (χ1v) is 11.3. The molecular weight excluding hydrogens is 398 g/mol. The minimum Gasteiger partial charge on any atom is -0.490 e. The number of fused-ring (bicyclic) bond motifs is 1. The van der Waals surface area contributed by atoms with Crippen molar-refractivity contribution >= 4 is 11.6 Å². The number of guanidine groups is 1. The molecule has 1 aromatic rings. The van der Waals surface area contributed by atoms with E-state index in [-0.39, 0.29) is 0 Å². The van der Waals surface area contributed by atoms with Crippen LogP contribution in [0.15, 0.2) is 23.2 Å². The summed E-state index contributed by atoms with van der Waals surface area (Å²) in [5.41, 5.74) is 0.905. The molecule has 0 fully saturated rings. The van der Waals surface area contributed by atoms with E-state index >= 15 is 0 Å². The first-order chi connectivity index (χ1) is 15.2. The lowest BCUT2D eigenvalue weighted by atomic mass is 10.2. The smallest absolute Gasteiger partial charge is 0.195 e. The maximum atomic E-state index is 5.79. The molecule has 1 aliphatic rings. The predicted octanol–water partition coefficient (Wildman–Crippen LogP) is 3.32. The second-order valence-corrected chi connectivity index (χ2v) is 7.78. The van der Waals surface area contributed by atoms with Crippen LogP contribution < -0.4 is 20.1 Å². The zero-order valence-corrected chi connectivity index (χ0v) is 19.3. The van der Waals surface area contributed by atoms with E-state index in [4.69, 9.17) is 28.7 Å². The number of aliphatic imine (C=N–C) groups is 1. The molecule has 8 heteroatoms. The van der Waals surface area contributed by atoms with Gasteiger partial charge in [0.1, 0.15) is 0 Å². The van der Waals surface area contributed by atoms with Crippen LogP contribution in [0.25, 0.3) is 0 Å². The van der Waals surface area contributed by atoms with Gasteiger partial charge in [-0.15, -0.1) is 0 Å². The quantitative estimate of drug-likeness (QED) is 0.262. The average molecular weight is 438 g/mol. The summed E-state index contributed by atoms with van der Waals surface area (Å²) in [6.45, 7) is 10.5. The van der Waals surface area contributed by atoms with E-state index in [1.165, 1.54) is 0 Å². The summed E-state index contributed by atoms with van der Waals surface area (Å²) < 4.78 is 27.7. The molecule has 0 saturated heterocycles. The van der Waals surface area contributed by atoms with Crippen molar-refractivity contribution in [3.63, 3.8) is 0 Å². The van der Waals surface area contributed by atoms with Gasteiger partial charge < -0.3 is 34.3 Å². The largest absolute Gasteiger partial charge is 0.490 e. The van der Waals surface area contributed by atoms with Crippen LogP contribution in [0.5, 0.6) is 11.5 Å². The lowest BCUT2D eigenvalue weighted by molar-refractivity contribution is 0.0699. The van der Waals surface area contributed by atoms with E-state index in [0.717, 1.165) is 55.6 Å². The molecule has 31 heavy (non-hydrogen) atoms. The number of anilines is 1. The van der Waals surface area contributed by atoms with Crippen molar-refractivity contribution in [3.8, 4) is 11.5 Å². The third kappa shape index (κ3) is 11.2. The topological polar surface area (TPSA) is 82.6 Å².